The Morgan fingerprint density at radius 1 is 1.09 bits per heavy atom. The van der Waals surface area contributed by atoms with Gasteiger partial charge in [0.1, 0.15) is 17.8 Å². The van der Waals surface area contributed by atoms with Crippen LogP contribution in [0.3, 0.4) is 0 Å². The Hall–Kier alpha value is -4.48. The van der Waals surface area contributed by atoms with E-state index in [1.807, 2.05) is 39.0 Å². The molecule has 2 aliphatic heterocycles. The van der Waals surface area contributed by atoms with Crippen molar-refractivity contribution in [2.45, 2.75) is 84.8 Å². The molecule has 4 N–H and O–H groups in total. The first-order chi connectivity index (χ1) is 21.9. The Morgan fingerprint density at radius 2 is 1.85 bits per heavy atom. The van der Waals surface area contributed by atoms with Crippen molar-refractivity contribution in [3.8, 4) is 5.75 Å². The fraction of sp³-hybridized carbons (Fsp3) is 0.529. The maximum atomic E-state index is 13.7. The van der Waals surface area contributed by atoms with Crippen LogP contribution in [0, 0.1) is 32.6 Å². The molecule has 3 heterocycles. The number of carbonyl (C=O) groups excluding carboxylic acids is 5. The number of esters is 1. The van der Waals surface area contributed by atoms with Crippen LogP contribution in [0.5, 0.6) is 5.75 Å². The van der Waals surface area contributed by atoms with Gasteiger partial charge in [-0.25, -0.2) is 4.79 Å². The van der Waals surface area contributed by atoms with Gasteiger partial charge < -0.3 is 30.7 Å². The van der Waals surface area contributed by atoms with E-state index < -0.39 is 48.3 Å². The molecule has 1 fully saturated rings. The van der Waals surface area contributed by atoms with Crippen molar-refractivity contribution in [1.82, 2.24) is 20.9 Å². The van der Waals surface area contributed by atoms with E-state index in [1.165, 1.54) is 0 Å². The molecule has 3 amide bonds. The molecule has 46 heavy (non-hydrogen) atoms. The van der Waals surface area contributed by atoms with E-state index in [2.05, 4.69) is 26.3 Å². The summed E-state index contributed by atoms with van der Waals surface area (Å²) in [5.41, 5.74) is 3.88. The minimum atomic E-state index is -1.11. The third kappa shape index (κ3) is 8.41. The Morgan fingerprint density at radius 3 is 2.52 bits per heavy atom. The van der Waals surface area contributed by atoms with E-state index in [9.17, 15) is 24.0 Å². The highest BCUT2D eigenvalue weighted by atomic mass is 16.5. The normalized spacial score (nSPS) is 18.5. The molecule has 1 aromatic heterocycles. The summed E-state index contributed by atoms with van der Waals surface area (Å²) in [4.78, 5) is 70.6. The zero-order valence-electron chi connectivity index (χ0n) is 27.5. The molecular formula is C34H45N5O7. The summed E-state index contributed by atoms with van der Waals surface area (Å²) in [7, 11) is 1.57. The number of carbonyl (C=O) groups is 5. The Kier molecular flexibility index (Phi) is 11.4. The molecule has 4 rings (SSSR count). The number of pyridine rings is 1. The second-order valence-electron chi connectivity index (χ2n) is 12.6. The van der Waals surface area contributed by atoms with Crippen molar-refractivity contribution in [3.63, 3.8) is 0 Å². The van der Waals surface area contributed by atoms with Crippen LogP contribution in [0.25, 0.3) is 0 Å². The summed E-state index contributed by atoms with van der Waals surface area (Å²) in [6, 6.07) is 4.62. The van der Waals surface area contributed by atoms with Gasteiger partial charge in [0, 0.05) is 35.8 Å². The van der Waals surface area contributed by atoms with Crippen LogP contribution in [0.15, 0.2) is 24.3 Å². The first-order valence-corrected chi connectivity index (χ1v) is 15.8. The number of anilines is 1. The Bertz CT molecular complexity index is 1470. The van der Waals surface area contributed by atoms with E-state index in [-0.39, 0.29) is 29.7 Å². The largest absolute Gasteiger partial charge is 0.496 e. The number of Topliss-reactive ketones (excluding diaryl/α,β-unsaturated/α-hetero) is 1. The maximum absolute atomic E-state index is 13.7. The molecule has 0 bridgehead atoms. The zero-order chi connectivity index (χ0) is 33.5. The Balaban J connectivity index is 1.47. The van der Waals surface area contributed by atoms with Gasteiger partial charge in [-0.05, 0) is 76.1 Å². The highest BCUT2D eigenvalue weighted by molar-refractivity contribution is 5.97. The number of benzene rings is 1. The molecule has 0 saturated carbocycles. The lowest BCUT2D eigenvalue weighted by Crippen LogP contribution is -2.55. The van der Waals surface area contributed by atoms with Gasteiger partial charge in [-0.1, -0.05) is 19.9 Å². The molecule has 1 saturated heterocycles. The number of hydrogen-bond donors (Lipinski definition) is 4. The number of ketones is 1. The van der Waals surface area contributed by atoms with Crippen molar-refractivity contribution in [1.29, 1.82) is 0 Å². The van der Waals surface area contributed by atoms with Gasteiger partial charge in [-0.3, -0.25) is 24.2 Å². The minimum Gasteiger partial charge on any atom is -0.496 e. The van der Waals surface area contributed by atoms with Crippen LogP contribution in [0.2, 0.25) is 0 Å². The van der Waals surface area contributed by atoms with Crippen LogP contribution >= 0.6 is 0 Å². The maximum Gasteiger partial charge on any atom is 0.340 e. The lowest BCUT2D eigenvalue weighted by Gasteiger charge is -2.28. The second-order valence-corrected chi connectivity index (χ2v) is 12.6. The molecule has 0 radical (unpaired) electrons. The molecule has 0 aliphatic carbocycles. The number of ether oxygens (including phenoxy) is 2. The third-order valence-electron chi connectivity index (χ3n) is 8.45. The molecule has 12 nitrogen and oxygen atoms in total. The number of aryl methyl sites for hydroxylation is 3. The molecule has 1 aromatic carbocycles. The van der Waals surface area contributed by atoms with Crippen LogP contribution in [0.4, 0.5) is 5.69 Å². The summed E-state index contributed by atoms with van der Waals surface area (Å²) >= 11 is 0. The predicted octanol–water partition coefficient (Wildman–Crippen LogP) is 2.71. The van der Waals surface area contributed by atoms with E-state index in [1.54, 1.807) is 27.0 Å². The number of rotatable bonds is 13. The summed E-state index contributed by atoms with van der Waals surface area (Å²) in [6.45, 7) is 9.10. The average molecular weight is 636 g/mol. The van der Waals surface area contributed by atoms with Gasteiger partial charge in [-0.15, -0.1) is 0 Å². The van der Waals surface area contributed by atoms with Gasteiger partial charge in [0.05, 0.1) is 24.4 Å². The number of nitrogens with zero attached hydrogens (tertiary/aromatic N) is 1. The van der Waals surface area contributed by atoms with Crippen LogP contribution in [-0.4, -0.2) is 72.8 Å². The number of fused-ring (bicyclic) bond motifs is 1. The van der Waals surface area contributed by atoms with E-state index >= 15 is 0 Å². The third-order valence-corrected chi connectivity index (χ3v) is 8.45. The van der Waals surface area contributed by atoms with Gasteiger partial charge in [0.25, 0.3) is 0 Å². The summed E-state index contributed by atoms with van der Waals surface area (Å²) in [5.74, 6) is -2.13. The number of hydrogen-bond acceptors (Lipinski definition) is 9. The molecule has 12 heteroatoms. The molecule has 248 valence electrons. The molecule has 4 atom stereocenters. The molecular weight excluding hydrogens is 590 g/mol. The lowest BCUT2D eigenvalue weighted by atomic mass is 9.90. The van der Waals surface area contributed by atoms with Crippen LogP contribution < -0.4 is 26.0 Å². The number of piperidine rings is 1. The first-order valence-electron chi connectivity index (χ1n) is 15.8. The van der Waals surface area contributed by atoms with Crippen molar-refractivity contribution in [2.75, 3.05) is 25.6 Å². The van der Waals surface area contributed by atoms with Gasteiger partial charge >= 0.3 is 5.97 Å². The predicted molar refractivity (Wildman–Crippen MR) is 172 cm³/mol. The summed E-state index contributed by atoms with van der Waals surface area (Å²) in [5, 5.41) is 11.7. The van der Waals surface area contributed by atoms with Crippen molar-refractivity contribution in [2.24, 2.45) is 11.8 Å². The quantitative estimate of drug-likeness (QED) is 0.242. The van der Waals surface area contributed by atoms with E-state index in [0.717, 1.165) is 23.4 Å². The fourth-order valence-corrected chi connectivity index (χ4v) is 6.21. The number of methoxy groups -OCH3 is 1. The second kappa shape index (κ2) is 15.2. The summed E-state index contributed by atoms with van der Waals surface area (Å²) < 4.78 is 10.8. The van der Waals surface area contributed by atoms with Crippen molar-refractivity contribution in [3.05, 3.63) is 52.3 Å². The fourth-order valence-electron chi connectivity index (χ4n) is 6.21. The molecule has 2 aromatic rings. The van der Waals surface area contributed by atoms with Gasteiger partial charge in [0.2, 0.25) is 17.7 Å². The topological polar surface area (TPSA) is 165 Å². The minimum absolute atomic E-state index is 0.0405. The number of nitrogens with one attached hydrogen (secondary N) is 4. The van der Waals surface area contributed by atoms with Crippen molar-refractivity contribution >= 4 is 35.2 Å². The Labute approximate surface area is 269 Å². The average Bonchev–Trinajstić information content (AvgIpc) is 3.44. The van der Waals surface area contributed by atoms with E-state index in [0.29, 0.717) is 42.8 Å². The lowest BCUT2D eigenvalue weighted by molar-refractivity contribution is -0.134. The van der Waals surface area contributed by atoms with Gasteiger partial charge in [-0.2, -0.15) is 0 Å². The standard InChI is InChI=1S/C34H45N5O7/c1-18(2)13-26(39-33(43)27-16-23-24(37-27)10-7-11-29(23)45-6)32(42)38-25(15-22-9-8-12-35-31(22)41)28(40)17-46-34(44)30-19(3)14-20(4)36-21(30)5/h7,10-11,14,18,22,25-27,37H,8-9,12-13,15-17H2,1-6H3,(H,35,41)(H,38,42)(H,39,43)/t22-,25-,26-,27?/m0/s1. The zero-order valence-corrected chi connectivity index (χ0v) is 27.5. The molecule has 1 unspecified atom stereocenters. The highest BCUT2D eigenvalue weighted by Gasteiger charge is 2.35. The highest BCUT2D eigenvalue weighted by Crippen LogP contribution is 2.33. The SMILES string of the molecule is COc1cccc2c1CC(C(=O)N[C@@H](CC(C)C)C(=O)N[C@@H](C[C@@H]1CCCNC1=O)C(=O)COC(=O)c1c(C)cc(C)nc1C)N2. The van der Waals surface area contributed by atoms with Crippen molar-refractivity contribution < 1.29 is 33.4 Å². The number of aromatic nitrogens is 1. The van der Waals surface area contributed by atoms with Crippen LogP contribution in [0.1, 0.15) is 72.4 Å². The molecule has 2 aliphatic rings. The number of amides is 3. The first kappa shape index (κ1) is 34.4. The van der Waals surface area contributed by atoms with Gasteiger partial charge in [0.15, 0.2) is 12.4 Å². The van der Waals surface area contributed by atoms with E-state index in [4.69, 9.17) is 9.47 Å². The van der Waals surface area contributed by atoms with Crippen LogP contribution in [-0.2, 0) is 30.3 Å². The monoisotopic (exact) mass is 635 g/mol. The summed E-state index contributed by atoms with van der Waals surface area (Å²) in [6.07, 6.45) is 2.05. The molecule has 0 spiro atoms. The smallest absolute Gasteiger partial charge is 0.340 e.